The number of nitrogens with one attached hydrogen (secondary N) is 2. The first-order valence-corrected chi connectivity index (χ1v) is 8.45. The maximum absolute atomic E-state index is 5.55. The van der Waals surface area contributed by atoms with Crippen LogP contribution in [0.25, 0.3) is 0 Å². The lowest BCUT2D eigenvalue weighted by Gasteiger charge is -2.12. The van der Waals surface area contributed by atoms with Gasteiger partial charge in [0.25, 0.3) is 0 Å². The summed E-state index contributed by atoms with van der Waals surface area (Å²) in [6.07, 6.45) is 5.01. The molecule has 1 rings (SSSR count). The zero-order valence-corrected chi connectivity index (χ0v) is 17.5. The van der Waals surface area contributed by atoms with Gasteiger partial charge < -0.3 is 20.1 Å². The molecule has 0 heterocycles. The predicted octanol–water partition coefficient (Wildman–Crippen LogP) is 3.58. The van der Waals surface area contributed by atoms with Gasteiger partial charge in [-0.15, -0.1) is 24.0 Å². The van der Waals surface area contributed by atoms with Crippen molar-refractivity contribution in [3.8, 4) is 5.75 Å². The SMILES string of the molecule is CCCCCCNC(=NC)NCc1ccc(OCCOC)cc1.I. The molecule has 0 radical (unpaired) electrons. The molecular formula is C18H32IN3O2. The van der Waals surface area contributed by atoms with E-state index in [0.29, 0.717) is 13.2 Å². The van der Waals surface area contributed by atoms with E-state index >= 15 is 0 Å². The monoisotopic (exact) mass is 449 g/mol. The van der Waals surface area contributed by atoms with Crippen LogP contribution in [-0.4, -0.2) is 39.9 Å². The number of ether oxygens (including phenoxy) is 2. The van der Waals surface area contributed by atoms with Crippen molar-refractivity contribution in [3.05, 3.63) is 29.8 Å². The van der Waals surface area contributed by atoms with Crippen LogP contribution in [-0.2, 0) is 11.3 Å². The number of nitrogens with zero attached hydrogens (tertiary/aromatic N) is 1. The average Bonchev–Trinajstić information content (AvgIpc) is 2.59. The van der Waals surface area contributed by atoms with Crippen molar-refractivity contribution in [3.63, 3.8) is 0 Å². The van der Waals surface area contributed by atoms with Gasteiger partial charge in [-0.3, -0.25) is 4.99 Å². The summed E-state index contributed by atoms with van der Waals surface area (Å²) in [5.74, 6) is 1.71. The number of halogens is 1. The Balaban J connectivity index is 0.00000529. The number of aliphatic imine (C=N–C) groups is 1. The average molecular weight is 449 g/mol. The Morgan fingerprint density at radius 1 is 1.04 bits per heavy atom. The molecule has 0 aliphatic heterocycles. The molecule has 138 valence electrons. The highest BCUT2D eigenvalue weighted by molar-refractivity contribution is 14.0. The number of benzene rings is 1. The van der Waals surface area contributed by atoms with Gasteiger partial charge >= 0.3 is 0 Å². The van der Waals surface area contributed by atoms with E-state index in [1.165, 1.54) is 31.2 Å². The van der Waals surface area contributed by atoms with E-state index in [-0.39, 0.29) is 24.0 Å². The fourth-order valence-electron chi connectivity index (χ4n) is 2.11. The minimum absolute atomic E-state index is 0. The van der Waals surface area contributed by atoms with Gasteiger partial charge in [-0.25, -0.2) is 0 Å². The van der Waals surface area contributed by atoms with Crippen LogP contribution in [0.5, 0.6) is 5.75 Å². The number of hydrogen-bond acceptors (Lipinski definition) is 3. The highest BCUT2D eigenvalue weighted by Gasteiger charge is 1.99. The van der Waals surface area contributed by atoms with E-state index in [4.69, 9.17) is 9.47 Å². The Labute approximate surface area is 163 Å². The second-order valence-electron chi connectivity index (χ2n) is 5.40. The molecule has 24 heavy (non-hydrogen) atoms. The minimum atomic E-state index is 0. The standard InChI is InChI=1S/C18H31N3O2.HI/c1-4-5-6-7-12-20-18(19-2)21-15-16-8-10-17(11-9-16)23-14-13-22-3;/h8-11H,4-7,12-15H2,1-3H3,(H2,19,20,21);1H. The van der Waals surface area contributed by atoms with E-state index < -0.39 is 0 Å². The summed E-state index contributed by atoms with van der Waals surface area (Å²) in [5, 5.41) is 6.67. The van der Waals surface area contributed by atoms with Crippen LogP contribution in [0.3, 0.4) is 0 Å². The van der Waals surface area contributed by atoms with Crippen molar-refractivity contribution in [1.29, 1.82) is 0 Å². The highest BCUT2D eigenvalue weighted by atomic mass is 127. The van der Waals surface area contributed by atoms with Crippen LogP contribution in [0.2, 0.25) is 0 Å². The van der Waals surface area contributed by atoms with Gasteiger partial charge in [0, 0.05) is 27.2 Å². The second-order valence-corrected chi connectivity index (χ2v) is 5.40. The van der Waals surface area contributed by atoms with Gasteiger partial charge in [-0.2, -0.15) is 0 Å². The summed E-state index contributed by atoms with van der Waals surface area (Å²) in [5.41, 5.74) is 1.19. The van der Waals surface area contributed by atoms with Crippen LogP contribution in [0.1, 0.15) is 38.2 Å². The van der Waals surface area contributed by atoms with Crippen molar-refractivity contribution < 1.29 is 9.47 Å². The van der Waals surface area contributed by atoms with E-state index in [9.17, 15) is 0 Å². The first-order chi connectivity index (χ1) is 11.3. The zero-order valence-electron chi connectivity index (χ0n) is 15.1. The number of guanidine groups is 1. The summed E-state index contributed by atoms with van der Waals surface area (Å²) in [7, 11) is 3.47. The summed E-state index contributed by atoms with van der Waals surface area (Å²) in [6, 6.07) is 8.08. The van der Waals surface area contributed by atoms with Gasteiger partial charge in [-0.05, 0) is 24.1 Å². The summed E-state index contributed by atoms with van der Waals surface area (Å²) in [4.78, 5) is 4.24. The molecule has 1 aromatic carbocycles. The molecule has 0 atom stereocenters. The third kappa shape index (κ3) is 10.7. The van der Waals surface area contributed by atoms with Crippen LogP contribution in [0.4, 0.5) is 0 Å². The van der Waals surface area contributed by atoms with Crippen LogP contribution >= 0.6 is 24.0 Å². The van der Waals surface area contributed by atoms with Gasteiger partial charge in [0.05, 0.1) is 6.61 Å². The lowest BCUT2D eigenvalue weighted by atomic mass is 10.2. The Bertz CT molecular complexity index is 438. The maximum atomic E-state index is 5.55. The lowest BCUT2D eigenvalue weighted by Crippen LogP contribution is -2.37. The topological polar surface area (TPSA) is 54.9 Å². The van der Waals surface area contributed by atoms with Crippen molar-refractivity contribution in [1.82, 2.24) is 10.6 Å². The van der Waals surface area contributed by atoms with Crippen LogP contribution in [0.15, 0.2) is 29.3 Å². The number of methoxy groups -OCH3 is 1. The van der Waals surface area contributed by atoms with Crippen molar-refractivity contribution in [2.45, 2.75) is 39.2 Å². The molecular weight excluding hydrogens is 417 g/mol. The Morgan fingerprint density at radius 2 is 1.79 bits per heavy atom. The Hall–Kier alpha value is -1.02. The first-order valence-electron chi connectivity index (χ1n) is 8.45. The van der Waals surface area contributed by atoms with Crippen LogP contribution < -0.4 is 15.4 Å². The van der Waals surface area contributed by atoms with Gasteiger partial charge in [-0.1, -0.05) is 38.3 Å². The maximum Gasteiger partial charge on any atom is 0.191 e. The minimum Gasteiger partial charge on any atom is -0.491 e. The molecule has 5 nitrogen and oxygen atoms in total. The van der Waals surface area contributed by atoms with E-state index in [2.05, 4.69) is 34.7 Å². The van der Waals surface area contributed by atoms with Gasteiger partial charge in [0.1, 0.15) is 12.4 Å². The Kier molecular flexibility index (Phi) is 14.8. The molecule has 0 aliphatic carbocycles. The summed E-state index contributed by atoms with van der Waals surface area (Å²) in [6.45, 7) is 5.10. The van der Waals surface area contributed by atoms with Crippen molar-refractivity contribution >= 4 is 29.9 Å². The summed E-state index contributed by atoms with van der Waals surface area (Å²) < 4.78 is 10.5. The molecule has 6 heteroatoms. The summed E-state index contributed by atoms with van der Waals surface area (Å²) >= 11 is 0. The molecule has 0 aliphatic rings. The third-order valence-corrected chi connectivity index (χ3v) is 3.49. The smallest absolute Gasteiger partial charge is 0.191 e. The molecule has 2 N–H and O–H groups in total. The third-order valence-electron chi connectivity index (χ3n) is 3.49. The molecule has 0 unspecified atom stereocenters. The fraction of sp³-hybridized carbons (Fsp3) is 0.611. The number of rotatable bonds is 11. The van der Waals surface area contributed by atoms with E-state index in [0.717, 1.165) is 24.8 Å². The second kappa shape index (κ2) is 15.5. The quantitative estimate of drug-likeness (QED) is 0.235. The fourth-order valence-corrected chi connectivity index (χ4v) is 2.11. The molecule has 0 spiro atoms. The Morgan fingerprint density at radius 3 is 2.42 bits per heavy atom. The first kappa shape index (κ1) is 23.0. The van der Waals surface area contributed by atoms with Gasteiger partial charge in [0.15, 0.2) is 5.96 Å². The molecule has 0 saturated heterocycles. The van der Waals surface area contributed by atoms with Crippen LogP contribution in [0, 0.1) is 0 Å². The van der Waals surface area contributed by atoms with Gasteiger partial charge in [0.2, 0.25) is 0 Å². The number of hydrogen-bond donors (Lipinski definition) is 2. The molecule has 0 amide bonds. The molecule has 0 fully saturated rings. The van der Waals surface area contributed by atoms with Crippen molar-refractivity contribution in [2.24, 2.45) is 4.99 Å². The molecule has 0 bridgehead atoms. The van der Waals surface area contributed by atoms with E-state index in [1.54, 1.807) is 14.2 Å². The largest absolute Gasteiger partial charge is 0.491 e. The molecule has 0 aromatic heterocycles. The van der Waals surface area contributed by atoms with Crippen molar-refractivity contribution in [2.75, 3.05) is 33.9 Å². The predicted molar refractivity (Wildman–Crippen MR) is 112 cm³/mol. The van der Waals surface area contributed by atoms with E-state index in [1.807, 2.05) is 12.1 Å². The zero-order chi connectivity index (χ0) is 16.8. The normalized spacial score (nSPS) is 10.9. The molecule has 0 saturated carbocycles. The molecule has 1 aromatic rings. The number of unbranched alkanes of at least 4 members (excludes halogenated alkanes) is 3. The highest BCUT2D eigenvalue weighted by Crippen LogP contribution is 2.11. The lowest BCUT2D eigenvalue weighted by molar-refractivity contribution is 0.146.